The number of hydrogen-bond acceptors (Lipinski definition) is 2. The lowest BCUT2D eigenvalue weighted by atomic mass is 10.1. The summed E-state index contributed by atoms with van der Waals surface area (Å²) in [6, 6.07) is 7.67. The van der Waals surface area contributed by atoms with Gasteiger partial charge in [-0.05, 0) is 37.1 Å². The number of carboxylic acids is 1. The zero-order chi connectivity index (χ0) is 14.0. The fraction of sp³-hybridized carbons (Fsp3) is 0.286. The van der Waals surface area contributed by atoms with E-state index in [1.165, 1.54) is 0 Å². The van der Waals surface area contributed by atoms with Crippen molar-refractivity contribution < 1.29 is 9.90 Å². The van der Waals surface area contributed by atoms with Crippen LogP contribution in [0.4, 0.5) is 0 Å². The molecule has 0 atom stereocenters. The Bertz CT molecular complexity index is 603. The van der Waals surface area contributed by atoms with Gasteiger partial charge >= 0.3 is 5.97 Å². The van der Waals surface area contributed by atoms with Gasteiger partial charge in [0.25, 0.3) is 0 Å². The molecule has 0 aliphatic heterocycles. The highest BCUT2D eigenvalue weighted by atomic mass is 79.9. The van der Waals surface area contributed by atoms with Crippen molar-refractivity contribution in [1.29, 1.82) is 0 Å². The SMILES string of the molecule is CCc1nn(-c2ccc(Br)cc2)c(CC)c1C(=O)O. The van der Waals surface area contributed by atoms with Crippen molar-refractivity contribution in [2.75, 3.05) is 0 Å². The molecular weight excluding hydrogens is 308 g/mol. The largest absolute Gasteiger partial charge is 0.478 e. The number of aromatic nitrogens is 2. The summed E-state index contributed by atoms with van der Waals surface area (Å²) >= 11 is 3.39. The molecule has 0 bridgehead atoms. The van der Waals surface area contributed by atoms with E-state index in [2.05, 4.69) is 21.0 Å². The van der Waals surface area contributed by atoms with Crippen LogP contribution in [0.3, 0.4) is 0 Å². The Labute approximate surface area is 120 Å². The van der Waals surface area contributed by atoms with E-state index < -0.39 is 5.97 Å². The van der Waals surface area contributed by atoms with Gasteiger partial charge in [0, 0.05) is 4.47 Å². The smallest absolute Gasteiger partial charge is 0.339 e. The molecule has 0 amide bonds. The maximum absolute atomic E-state index is 11.4. The van der Waals surface area contributed by atoms with Crippen LogP contribution in [0.2, 0.25) is 0 Å². The second kappa shape index (κ2) is 5.57. The number of aryl methyl sites for hydroxylation is 1. The van der Waals surface area contributed by atoms with Crippen molar-refractivity contribution in [3.63, 3.8) is 0 Å². The van der Waals surface area contributed by atoms with Crippen LogP contribution in [0.5, 0.6) is 0 Å². The van der Waals surface area contributed by atoms with E-state index in [1.807, 2.05) is 38.1 Å². The van der Waals surface area contributed by atoms with E-state index in [1.54, 1.807) is 4.68 Å². The average Bonchev–Trinajstić information content (AvgIpc) is 2.78. The average molecular weight is 323 g/mol. The molecule has 0 radical (unpaired) electrons. The molecule has 0 saturated heterocycles. The van der Waals surface area contributed by atoms with Crippen molar-refractivity contribution in [1.82, 2.24) is 9.78 Å². The van der Waals surface area contributed by atoms with Crippen LogP contribution in [0.1, 0.15) is 35.6 Å². The van der Waals surface area contributed by atoms with E-state index in [4.69, 9.17) is 0 Å². The molecule has 0 fully saturated rings. The minimum absolute atomic E-state index is 0.341. The maximum Gasteiger partial charge on any atom is 0.339 e. The lowest BCUT2D eigenvalue weighted by Crippen LogP contribution is -2.05. The van der Waals surface area contributed by atoms with Crippen molar-refractivity contribution >= 4 is 21.9 Å². The lowest BCUT2D eigenvalue weighted by molar-refractivity contribution is 0.0694. The first-order valence-corrected chi connectivity index (χ1v) is 6.97. The van der Waals surface area contributed by atoms with Crippen LogP contribution >= 0.6 is 15.9 Å². The fourth-order valence-electron chi connectivity index (χ4n) is 2.12. The molecule has 4 nitrogen and oxygen atoms in total. The predicted molar refractivity (Wildman–Crippen MR) is 77.0 cm³/mol. The molecule has 1 heterocycles. The Morgan fingerprint density at radius 3 is 2.37 bits per heavy atom. The van der Waals surface area contributed by atoms with E-state index in [-0.39, 0.29) is 0 Å². The highest BCUT2D eigenvalue weighted by Crippen LogP contribution is 2.21. The molecule has 19 heavy (non-hydrogen) atoms. The normalized spacial score (nSPS) is 10.7. The lowest BCUT2D eigenvalue weighted by Gasteiger charge is -2.06. The zero-order valence-electron chi connectivity index (χ0n) is 10.9. The molecule has 0 unspecified atom stereocenters. The van der Waals surface area contributed by atoms with Crippen LogP contribution in [0.15, 0.2) is 28.7 Å². The molecule has 2 rings (SSSR count). The third-order valence-corrected chi connectivity index (χ3v) is 3.54. The maximum atomic E-state index is 11.4. The van der Waals surface area contributed by atoms with Crippen molar-refractivity contribution in [3.8, 4) is 5.69 Å². The second-order valence-corrected chi connectivity index (χ2v) is 5.08. The minimum Gasteiger partial charge on any atom is -0.478 e. The van der Waals surface area contributed by atoms with Gasteiger partial charge in [-0.1, -0.05) is 29.8 Å². The molecule has 1 N–H and O–H groups in total. The predicted octanol–water partition coefficient (Wildman–Crippen LogP) is 3.46. The van der Waals surface area contributed by atoms with E-state index in [9.17, 15) is 9.90 Å². The zero-order valence-corrected chi connectivity index (χ0v) is 12.4. The number of halogens is 1. The van der Waals surface area contributed by atoms with Gasteiger partial charge in [0.2, 0.25) is 0 Å². The summed E-state index contributed by atoms with van der Waals surface area (Å²) in [5.74, 6) is -0.905. The number of nitrogens with zero attached hydrogens (tertiary/aromatic N) is 2. The third-order valence-electron chi connectivity index (χ3n) is 3.01. The third kappa shape index (κ3) is 2.56. The second-order valence-electron chi connectivity index (χ2n) is 4.17. The van der Waals surface area contributed by atoms with E-state index >= 15 is 0 Å². The number of aromatic carboxylic acids is 1. The van der Waals surface area contributed by atoms with Gasteiger partial charge in [-0.2, -0.15) is 5.10 Å². The molecule has 100 valence electrons. The van der Waals surface area contributed by atoms with Crippen molar-refractivity contribution in [2.45, 2.75) is 26.7 Å². The topological polar surface area (TPSA) is 55.1 Å². The molecular formula is C14H15BrN2O2. The number of rotatable bonds is 4. The molecule has 0 aliphatic rings. The first-order valence-electron chi connectivity index (χ1n) is 6.18. The minimum atomic E-state index is -0.905. The summed E-state index contributed by atoms with van der Waals surface area (Å²) in [6.07, 6.45) is 1.24. The Morgan fingerprint density at radius 1 is 1.26 bits per heavy atom. The van der Waals surface area contributed by atoms with Gasteiger partial charge < -0.3 is 5.11 Å². The molecule has 2 aromatic rings. The first kappa shape index (κ1) is 13.8. The number of carboxylic acid groups (broad SMARTS) is 1. The van der Waals surface area contributed by atoms with Crippen molar-refractivity contribution in [2.24, 2.45) is 0 Å². The standard InChI is InChI=1S/C14H15BrN2O2/c1-3-11-13(14(18)19)12(4-2)17(16-11)10-7-5-9(15)6-8-10/h5-8H,3-4H2,1-2H3,(H,18,19). The highest BCUT2D eigenvalue weighted by Gasteiger charge is 2.21. The van der Waals surface area contributed by atoms with Crippen LogP contribution < -0.4 is 0 Å². The summed E-state index contributed by atoms with van der Waals surface area (Å²) in [7, 11) is 0. The van der Waals surface area contributed by atoms with Crippen molar-refractivity contribution in [3.05, 3.63) is 45.7 Å². The Hall–Kier alpha value is -1.62. The van der Waals surface area contributed by atoms with Crippen LogP contribution in [-0.4, -0.2) is 20.9 Å². The molecule has 1 aromatic heterocycles. The van der Waals surface area contributed by atoms with E-state index in [0.29, 0.717) is 24.1 Å². The number of hydrogen-bond donors (Lipinski definition) is 1. The quantitative estimate of drug-likeness (QED) is 0.937. The first-order chi connectivity index (χ1) is 9.08. The molecule has 5 heteroatoms. The van der Waals surface area contributed by atoms with Gasteiger partial charge in [0.05, 0.1) is 17.1 Å². The molecule has 0 spiro atoms. The fourth-order valence-corrected chi connectivity index (χ4v) is 2.38. The summed E-state index contributed by atoms with van der Waals surface area (Å²) in [6.45, 7) is 3.86. The summed E-state index contributed by atoms with van der Waals surface area (Å²) in [5.41, 5.74) is 2.59. The van der Waals surface area contributed by atoms with Gasteiger partial charge in [-0.3, -0.25) is 0 Å². The van der Waals surface area contributed by atoms with E-state index in [0.717, 1.165) is 15.9 Å². The molecule has 0 saturated carbocycles. The number of benzene rings is 1. The summed E-state index contributed by atoms with van der Waals surface area (Å²) in [5, 5.41) is 13.8. The van der Waals surface area contributed by atoms with Gasteiger partial charge in [0.1, 0.15) is 5.56 Å². The van der Waals surface area contributed by atoms with Gasteiger partial charge in [-0.25, -0.2) is 9.48 Å². The Balaban J connectivity index is 2.63. The number of carbonyl (C=O) groups is 1. The Morgan fingerprint density at radius 2 is 1.89 bits per heavy atom. The van der Waals surface area contributed by atoms with Crippen LogP contribution in [0, 0.1) is 0 Å². The summed E-state index contributed by atoms with van der Waals surface area (Å²) in [4.78, 5) is 11.4. The highest BCUT2D eigenvalue weighted by molar-refractivity contribution is 9.10. The van der Waals surface area contributed by atoms with Gasteiger partial charge in [-0.15, -0.1) is 0 Å². The molecule has 0 aliphatic carbocycles. The summed E-state index contributed by atoms with van der Waals surface area (Å²) < 4.78 is 2.71. The van der Waals surface area contributed by atoms with Crippen LogP contribution in [-0.2, 0) is 12.8 Å². The van der Waals surface area contributed by atoms with Gasteiger partial charge in [0.15, 0.2) is 0 Å². The molecule has 1 aromatic carbocycles. The van der Waals surface area contributed by atoms with Crippen LogP contribution in [0.25, 0.3) is 5.69 Å². The Kier molecular flexibility index (Phi) is 4.04. The monoisotopic (exact) mass is 322 g/mol.